The number of carboxylic acids is 1. The molecule has 0 bridgehead atoms. The van der Waals surface area contributed by atoms with E-state index in [1.807, 2.05) is 0 Å². The van der Waals surface area contributed by atoms with Crippen LogP contribution < -0.4 is 5.32 Å². The fourth-order valence-corrected chi connectivity index (χ4v) is 1.95. The fourth-order valence-electron chi connectivity index (χ4n) is 1.77. The minimum Gasteiger partial charge on any atom is -0.481 e. The molecular formula is C15H11ClFNO3. The highest BCUT2D eigenvalue weighted by atomic mass is 35.5. The number of carboxylic acid groups (broad SMARTS) is 1. The molecule has 0 unspecified atom stereocenters. The van der Waals surface area contributed by atoms with Gasteiger partial charge in [0, 0.05) is 11.3 Å². The lowest BCUT2D eigenvalue weighted by atomic mass is 10.1. The Morgan fingerprint density at radius 3 is 2.62 bits per heavy atom. The van der Waals surface area contributed by atoms with Crippen LogP contribution in [-0.2, 0) is 11.2 Å². The standard InChI is InChI=1S/C15H11ClFNO3/c16-12-8-10(4-5-13(12)17)15(21)18-11-3-1-2-9(6-11)7-14(19)20/h1-6,8H,7H2,(H,18,21)(H,19,20). The molecule has 0 heterocycles. The Morgan fingerprint density at radius 2 is 1.95 bits per heavy atom. The van der Waals surface area contributed by atoms with E-state index >= 15 is 0 Å². The number of hydrogen-bond donors (Lipinski definition) is 2. The van der Waals surface area contributed by atoms with Crippen LogP contribution in [0.4, 0.5) is 10.1 Å². The Bertz CT molecular complexity index is 703. The first kappa shape index (κ1) is 15.0. The number of rotatable bonds is 4. The number of benzene rings is 2. The molecular weight excluding hydrogens is 297 g/mol. The quantitative estimate of drug-likeness (QED) is 0.910. The van der Waals surface area contributed by atoms with E-state index in [1.54, 1.807) is 24.3 Å². The zero-order valence-electron chi connectivity index (χ0n) is 10.8. The summed E-state index contributed by atoms with van der Waals surface area (Å²) in [7, 11) is 0. The maximum absolute atomic E-state index is 13.0. The molecule has 0 atom stereocenters. The van der Waals surface area contributed by atoms with Crippen LogP contribution in [0.25, 0.3) is 0 Å². The summed E-state index contributed by atoms with van der Waals surface area (Å²) in [6.07, 6.45) is -0.133. The molecule has 0 aromatic heterocycles. The van der Waals surface area contributed by atoms with Crippen LogP contribution in [0.15, 0.2) is 42.5 Å². The second-order valence-corrected chi connectivity index (χ2v) is 4.76. The van der Waals surface area contributed by atoms with E-state index in [4.69, 9.17) is 16.7 Å². The Morgan fingerprint density at radius 1 is 1.19 bits per heavy atom. The van der Waals surface area contributed by atoms with Gasteiger partial charge in [0.05, 0.1) is 11.4 Å². The van der Waals surface area contributed by atoms with Crippen LogP contribution in [0.1, 0.15) is 15.9 Å². The van der Waals surface area contributed by atoms with Gasteiger partial charge in [-0.2, -0.15) is 0 Å². The first-order valence-electron chi connectivity index (χ1n) is 6.03. The molecule has 2 rings (SSSR count). The summed E-state index contributed by atoms with van der Waals surface area (Å²) in [5.74, 6) is -2.01. The maximum Gasteiger partial charge on any atom is 0.307 e. The molecule has 1 amide bonds. The highest BCUT2D eigenvalue weighted by Gasteiger charge is 2.10. The number of aliphatic carboxylic acids is 1. The molecule has 0 saturated heterocycles. The van der Waals surface area contributed by atoms with Gasteiger partial charge in [-0.3, -0.25) is 9.59 Å². The minimum atomic E-state index is -0.955. The lowest BCUT2D eigenvalue weighted by Gasteiger charge is -2.07. The number of halogens is 2. The third kappa shape index (κ3) is 4.03. The number of amides is 1. The SMILES string of the molecule is O=C(O)Cc1cccc(NC(=O)c2ccc(F)c(Cl)c2)c1. The number of nitrogens with one attached hydrogen (secondary N) is 1. The van der Waals surface area contributed by atoms with Crippen molar-refractivity contribution in [1.82, 2.24) is 0 Å². The molecule has 21 heavy (non-hydrogen) atoms. The van der Waals surface area contributed by atoms with Gasteiger partial charge in [-0.1, -0.05) is 23.7 Å². The van der Waals surface area contributed by atoms with Crippen molar-refractivity contribution in [3.63, 3.8) is 0 Å². The highest BCUT2D eigenvalue weighted by molar-refractivity contribution is 6.31. The maximum atomic E-state index is 13.0. The molecule has 6 heteroatoms. The molecule has 0 radical (unpaired) electrons. The van der Waals surface area contributed by atoms with E-state index < -0.39 is 17.7 Å². The lowest BCUT2D eigenvalue weighted by Crippen LogP contribution is -2.12. The van der Waals surface area contributed by atoms with Gasteiger partial charge in [-0.05, 0) is 35.9 Å². The van der Waals surface area contributed by atoms with Crippen LogP contribution >= 0.6 is 11.6 Å². The second kappa shape index (κ2) is 6.37. The van der Waals surface area contributed by atoms with E-state index in [1.165, 1.54) is 12.1 Å². The van der Waals surface area contributed by atoms with Crippen molar-refractivity contribution < 1.29 is 19.1 Å². The topological polar surface area (TPSA) is 66.4 Å². The Balaban J connectivity index is 2.15. The van der Waals surface area contributed by atoms with Crippen molar-refractivity contribution >= 4 is 29.2 Å². The van der Waals surface area contributed by atoms with Crippen LogP contribution in [-0.4, -0.2) is 17.0 Å². The lowest BCUT2D eigenvalue weighted by molar-refractivity contribution is -0.136. The summed E-state index contributed by atoms with van der Waals surface area (Å²) >= 11 is 5.62. The van der Waals surface area contributed by atoms with E-state index in [2.05, 4.69) is 5.32 Å². The summed E-state index contributed by atoms with van der Waals surface area (Å²) in [6.45, 7) is 0. The van der Waals surface area contributed by atoms with Gasteiger partial charge >= 0.3 is 5.97 Å². The van der Waals surface area contributed by atoms with Crippen LogP contribution in [0.2, 0.25) is 5.02 Å². The van der Waals surface area contributed by atoms with Crippen molar-refractivity contribution in [2.45, 2.75) is 6.42 Å². The molecule has 0 aliphatic carbocycles. The number of carbonyl (C=O) groups is 2. The molecule has 4 nitrogen and oxygen atoms in total. The second-order valence-electron chi connectivity index (χ2n) is 4.35. The van der Waals surface area contributed by atoms with Gasteiger partial charge < -0.3 is 10.4 Å². The van der Waals surface area contributed by atoms with Crippen LogP contribution in [0, 0.1) is 5.82 Å². The predicted octanol–water partition coefficient (Wildman–Crippen LogP) is 3.36. The Hall–Kier alpha value is -2.40. The third-order valence-electron chi connectivity index (χ3n) is 2.72. The van der Waals surface area contributed by atoms with Crippen molar-refractivity contribution in [2.75, 3.05) is 5.32 Å². The normalized spacial score (nSPS) is 10.2. The van der Waals surface area contributed by atoms with E-state index in [0.717, 1.165) is 6.07 Å². The van der Waals surface area contributed by atoms with Crippen molar-refractivity contribution in [2.24, 2.45) is 0 Å². The van der Waals surface area contributed by atoms with Crippen molar-refractivity contribution in [3.05, 3.63) is 64.4 Å². The molecule has 0 spiro atoms. The largest absolute Gasteiger partial charge is 0.481 e. The van der Waals surface area contributed by atoms with E-state index in [-0.39, 0.29) is 17.0 Å². The number of hydrogen-bond acceptors (Lipinski definition) is 2. The van der Waals surface area contributed by atoms with Crippen LogP contribution in [0.3, 0.4) is 0 Å². The zero-order valence-corrected chi connectivity index (χ0v) is 11.5. The van der Waals surface area contributed by atoms with Gasteiger partial charge in [0.15, 0.2) is 0 Å². The van der Waals surface area contributed by atoms with Gasteiger partial charge in [0.2, 0.25) is 0 Å². The summed E-state index contributed by atoms with van der Waals surface area (Å²) < 4.78 is 13.0. The first-order chi connectivity index (χ1) is 9.95. The van der Waals surface area contributed by atoms with Gasteiger partial charge in [-0.25, -0.2) is 4.39 Å². The molecule has 108 valence electrons. The molecule has 2 aromatic rings. The zero-order chi connectivity index (χ0) is 15.4. The molecule has 2 N–H and O–H groups in total. The first-order valence-corrected chi connectivity index (χ1v) is 6.40. The third-order valence-corrected chi connectivity index (χ3v) is 3.01. The van der Waals surface area contributed by atoms with Crippen molar-refractivity contribution in [3.8, 4) is 0 Å². The summed E-state index contributed by atoms with van der Waals surface area (Å²) in [4.78, 5) is 22.7. The highest BCUT2D eigenvalue weighted by Crippen LogP contribution is 2.18. The van der Waals surface area contributed by atoms with Gasteiger partial charge in [0.1, 0.15) is 5.82 Å². The fraction of sp³-hybridized carbons (Fsp3) is 0.0667. The van der Waals surface area contributed by atoms with Gasteiger partial charge in [0.25, 0.3) is 5.91 Å². The minimum absolute atomic E-state index is 0.133. The average Bonchev–Trinajstić information content (AvgIpc) is 2.41. The Labute approximate surface area is 125 Å². The molecule has 0 saturated carbocycles. The van der Waals surface area contributed by atoms with Gasteiger partial charge in [-0.15, -0.1) is 0 Å². The average molecular weight is 308 g/mol. The number of anilines is 1. The molecule has 0 aliphatic rings. The summed E-state index contributed by atoms with van der Waals surface area (Å²) in [6, 6.07) is 10.2. The number of carbonyl (C=O) groups excluding carboxylic acids is 1. The molecule has 0 fully saturated rings. The molecule has 2 aromatic carbocycles. The van der Waals surface area contributed by atoms with Crippen molar-refractivity contribution in [1.29, 1.82) is 0 Å². The Kier molecular flexibility index (Phi) is 4.55. The summed E-state index contributed by atoms with van der Waals surface area (Å²) in [5.41, 5.74) is 1.24. The smallest absolute Gasteiger partial charge is 0.307 e. The molecule has 0 aliphatic heterocycles. The van der Waals surface area contributed by atoms with Crippen LogP contribution in [0.5, 0.6) is 0 Å². The van der Waals surface area contributed by atoms with E-state index in [0.29, 0.717) is 11.3 Å². The monoisotopic (exact) mass is 307 g/mol. The predicted molar refractivity (Wildman–Crippen MR) is 77.1 cm³/mol. The summed E-state index contributed by atoms with van der Waals surface area (Å²) in [5, 5.41) is 11.2. The van der Waals surface area contributed by atoms with E-state index in [9.17, 15) is 14.0 Å².